The first kappa shape index (κ1) is 12.7. The molecule has 0 fully saturated rings. The third kappa shape index (κ3) is 3.05. The topological polar surface area (TPSA) is 38.1 Å². The van der Waals surface area contributed by atoms with Crippen LogP contribution in [0, 0.1) is 6.92 Å². The van der Waals surface area contributed by atoms with Gasteiger partial charge in [0.2, 0.25) is 0 Å². The number of aromatic nitrogens is 2. The maximum Gasteiger partial charge on any atom is 0.0738 e. The van der Waals surface area contributed by atoms with Gasteiger partial charge in [-0.25, -0.2) is 0 Å². The summed E-state index contributed by atoms with van der Waals surface area (Å²) in [7, 11) is 0. The van der Waals surface area contributed by atoms with Crippen LogP contribution in [0.2, 0.25) is 0 Å². The number of aryl methyl sites for hydroxylation is 2. The van der Waals surface area contributed by atoms with Crippen molar-refractivity contribution in [2.45, 2.75) is 52.7 Å². The van der Waals surface area contributed by atoms with Gasteiger partial charge in [0.15, 0.2) is 0 Å². The molecule has 0 radical (unpaired) electrons. The molecule has 86 valence electrons. The zero-order chi connectivity index (χ0) is 11.4. The molecule has 0 aromatic carbocycles. The van der Waals surface area contributed by atoms with E-state index in [0.717, 1.165) is 36.0 Å². The molecule has 1 N–H and O–H groups in total. The van der Waals surface area contributed by atoms with Crippen molar-refractivity contribution in [2.24, 2.45) is 0 Å². The van der Waals surface area contributed by atoms with Crippen LogP contribution in [0.15, 0.2) is 4.47 Å². The molecule has 0 spiro atoms. The molecule has 0 saturated heterocycles. The van der Waals surface area contributed by atoms with E-state index in [2.05, 4.69) is 28.0 Å². The van der Waals surface area contributed by atoms with E-state index in [4.69, 9.17) is 0 Å². The van der Waals surface area contributed by atoms with Crippen LogP contribution in [0.5, 0.6) is 0 Å². The minimum absolute atomic E-state index is 0.197. The Bertz CT molecular complexity index is 323. The van der Waals surface area contributed by atoms with Crippen molar-refractivity contribution in [1.29, 1.82) is 0 Å². The first-order valence-corrected chi connectivity index (χ1v) is 6.29. The highest BCUT2D eigenvalue weighted by Gasteiger charge is 2.12. The van der Waals surface area contributed by atoms with E-state index in [0.29, 0.717) is 0 Å². The van der Waals surface area contributed by atoms with Crippen LogP contribution in [-0.4, -0.2) is 21.0 Å². The molecule has 1 rings (SSSR count). The predicted octanol–water partition coefficient (Wildman–Crippen LogP) is 2.68. The van der Waals surface area contributed by atoms with Gasteiger partial charge in [-0.1, -0.05) is 6.92 Å². The second-order valence-electron chi connectivity index (χ2n) is 3.76. The van der Waals surface area contributed by atoms with E-state index in [9.17, 15) is 5.11 Å². The van der Waals surface area contributed by atoms with Gasteiger partial charge in [0.1, 0.15) is 0 Å². The van der Waals surface area contributed by atoms with Gasteiger partial charge in [-0.05, 0) is 49.0 Å². The van der Waals surface area contributed by atoms with E-state index in [1.165, 1.54) is 5.69 Å². The molecule has 0 aliphatic rings. The molecule has 0 saturated carbocycles. The van der Waals surface area contributed by atoms with Crippen molar-refractivity contribution in [3.63, 3.8) is 0 Å². The summed E-state index contributed by atoms with van der Waals surface area (Å²) in [6.45, 7) is 6.96. The van der Waals surface area contributed by atoms with Crippen molar-refractivity contribution in [3.05, 3.63) is 15.9 Å². The van der Waals surface area contributed by atoms with Crippen LogP contribution in [0.25, 0.3) is 0 Å². The average molecular weight is 275 g/mol. The first-order chi connectivity index (χ1) is 7.10. The van der Waals surface area contributed by atoms with Crippen LogP contribution in [0.1, 0.15) is 38.1 Å². The second kappa shape index (κ2) is 5.66. The minimum Gasteiger partial charge on any atom is -0.393 e. The van der Waals surface area contributed by atoms with Gasteiger partial charge in [0.05, 0.1) is 22.0 Å². The molecule has 1 unspecified atom stereocenters. The Morgan fingerprint density at radius 1 is 1.47 bits per heavy atom. The second-order valence-corrected chi connectivity index (χ2v) is 4.56. The van der Waals surface area contributed by atoms with Crippen molar-refractivity contribution in [1.82, 2.24) is 9.78 Å². The lowest BCUT2D eigenvalue weighted by atomic mass is 10.1. The fraction of sp³-hybridized carbons (Fsp3) is 0.727. The molecule has 1 heterocycles. The Morgan fingerprint density at radius 3 is 2.67 bits per heavy atom. The summed E-state index contributed by atoms with van der Waals surface area (Å²) in [6.07, 6.45) is 2.30. The Labute approximate surface area is 99.6 Å². The van der Waals surface area contributed by atoms with E-state index in [-0.39, 0.29) is 6.10 Å². The van der Waals surface area contributed by atoms with Gasteiger partial charge in [0.25, 0.3) is 0 Å². The van der Waals surface area contributed by atoms with Gasteiger partial charge >= 0.3 is 0 Å². The van der Waals surface area contributed by atoms with E-state index < -0.39 is 0 Å². The van der Waals surface area contributed by atoms with Crippen LogP contribution >= 0.6 is 15.9 Å². The highest BCUT2D eigenvalue weighted by atomic mass is 79.9. The Morgan fingerprint density at radius 2 is 2.13 bits per heavy atom. The van der Waals surface area contributed by atoms with E-state index >= 15 is 0 Å². The molecule has 4 heteroatoms. The van der Waals surface area contributed by atoms with Gasteiger partial charge in [-0.3, -0.25) is 4.68 Å². The summed E-state index contributed by atoms with van der Waals surface area (Å²) in [5.41, 5.74) is 2.22. The molecule has 15 heavy (non-hydrogen) atoms. The number of aliphatic hydroxyl groups is 1. The minimum atomic E-state index is -0.197. The monoisotopic (exact) mass is 274 g/mol. The number of aliphatic hydroxyl groups excluding tert-OH is 1. The maximum atomic E-state index is 9.54. The molecule has 0 amide bonds. The lowest BCUT2D eigenvalue weighted by Crippen LogP contribution is -2.09. The van der Waals surface area contributed by atoms with Crippen LogP contribution in [0.4, 0.5) is 0 Å². The van der Waals surface area contributed by atoms with Gasteiger partial charge in [-0.2, -0.15) is 5.10 Å². The Balaban J connectivity index is 2.74. The third-order valence-electron chi connectivity index (χ3n) is 2.64. The standard InChI is InChI=1S/C11H19BrN2O/c1-4-9(15)6-7-10-11(12)8(3)13-14(10)5-2/h9,15H,4-7H2,1-3H3. The number of halogens is 1. The SMILES string of the molecule is CCC(O)CCc1c(Br)c(C)nn1CC. The smallest absolute Gasteiger partial charge is 0.0738 e. The Kier molecular flexibility index (Phi) is 4.80. The van der Waals surface area contributed by atoms with E-state index in [1.54, 1.807) is 0 Å². The van der Waals surface area contributed by atoms with Crippen molar-refractivity contribution in [2.75, 3.05) is 0 Å². The molecule has 1 atom stereocenters. The molecule has 1 aromatic heterocycles. The van der Waals surface area contributed by atoms with Crippen LogP contribution < -0.4 is 0 Å². The maximum absolute atomic E-state index is 9.54. The molecular weight excluding hydrogens is 256 g/mol. The molecular formula is C11H19BrN2O. The summed E-state index contributed by atoms with van der Waals surface area (Å²) in [4.78, 5) is 0. The molecule has 0 aliphatic heterocycles. The summed E-state index contributed by atoms with van der Waals surface area (Å²) in [6, 6.07) is 0. The third-order valence-corrected chi connectivity index (χ3v) is 3.67. The van der Waals surface area contributed by atoms with Gasteiger partial charge < -0.3 is 5.11 Å². The highest BCUT2D eigenvalue weighted by Crippen LogP contribution is 2.22. The number of rotatable bonds is 5. The number of hydrogen-bond acceptors (Lipinski definition) is 2. The Hall–Kier alpha value is -0.350. The lowest BCUT2D eigenvalue weighted by molar-refractivity contribution is 0.160. The van der Waals surface area contributed by atoms with Crippen molar-refractivity contribution >= 4 is 15.9 Å². The highest BCUT2D eigenvalue weighted by molar-refractivity contribution is 9.10. The van der Waals surface area contributed by atoms with Crippen molar-refractivity contribution < 1.29 is 5.11 Å². The summed E-state index contributed by atoms with van der Waals surface area (Å²) in [5, 5.41) is 14.0. The van der Waals surface area contributed by atoms with Crippen LogP contribution in [-0.2, 0) is 13.0 Å². The quantitative estimate of drug-likeness (QED) is 0.897. The van der Waals surface area contributed by atoms with Gasteiger partial charge in [-0.15, -0.1) is 0 Å². The first-order valence-electron chi connectivity index (χ1n) is 5.49. The molecule has 3 nitrogen and oxygen atoms in total. The average Bonchev–Trinajstić information content (AvgIpc) is 2.52. The largest absolute Gasteiger partial charge is 0.393 e. The lowest BCUT2D eigenvalue weighted by Gasteiger charge is -2.09. The van der Waals surface area contributed by atoms with Crippen LogP contribution in [0.3, 0.4) is 0 Å². The van der Waals surface area contributed by atoms with E-state index in [1.807, 2.05) is 18.5 Å². The predicted molar refractivity (Wildman–Crippen MR) is 65.0 cm³/mol. The number of hydrogen-bond donors (Lipinski definition) is 1. The zero-order valence-corrected chi connectivity index (χ0v) is 11.2. The fourth-order valence-electron chi connectivity index (χ4n) is 1.62. The molecule has 0 aliphatic carbocycles. The number of nitrogens with zero attached hydrogens (tertiary/aromatic N) is 2. The van der Waals surface area contributed by atoms with Gasteiger partial charge in [0, 0.05) is 6.54 Å². The van der Waals surface area contributed by atoms with Crippen molar-refractivity contribution in [3.8, 4) is 0 Å². The zero-order valence-electron chi connectivity index (χ0n) is 9.63. The fourth-order valence-corrected chi connectivity index (χ4v) is 2.10. The molecule has 1 aromatic rings. The normalized spacial score (nSPS) is 13.1. The molecule has 0 bridgehead atoms. The summed E-state index contributed by atoms with van der Waals surface area (Å²) in [5.74, 6) is 0. The summed E-state index contributed by atoms with van der Waals surface area (Å²) < 4.78 is 3.09. The summed E-state index contributed by atoms with van der Waals surface area (Å²) >= 11 is 3.55.